The highest BCUT2D eigenvalue weighted by molar-refractivity contribution is 5.90. The molecule has 94 valence electrons. The van der Waals surface area contributed by atoms with Crippen molar-refractivity contribution in [1.29, 1.82) is 0 Å². The minimum atomic E-state index is -1.09. The zero-order chi connectivity index (χ0) is 13.0. The van der Waals surface area contributed by atoms with Crippen LogP contribution < -0.4 is 5.32 Å². The topological polar surface area (TPSA) is 82.5 Å². The second-order valence-corrected chi connectivity index (χ2v) is 3.87. The molecule has 6 nitrogen and oxygen atoms in total. The number of pyridine rings is 1. The van der Waals surface area contributed by atoms with E-state index in [1.165, 1.54) is 18.3 Å². The van der Waals surface area contributed by atoms with Crippen LogP contribution in [0, 0.1) is 0 Å². The lowest BCUT2D eigenvalue weighted by Gasteiger charge is -2.23. The van der Waals surface area contributed by atoms with Crippen molar-refractivity contribution >= 4 is 17.7 Å². The van der Waals surface area contributed by atoms with Crippen LogP contribution in [0.5, 0.6) is 0 Å². The van der Waals surface area contributed by atoms with Gasteiger partial charge in [0, 0.05) is 13.1 Å². The van der Waals surface area contributed by atoms with Crippen LogP contribution in [0.3, 0.4) is 0 Å². The molecule has 0 aromatic carbocycles. The van der Waals surface area contributed by atoms with Crippen LogP contribution in [0.2, 0.25) is 0 Å². The van der Waals surface area contributed by atoms with E-state index in [1.807, 2.05) is 12.2 Å². The molecule has 0 saturated heterocycles. The van der Waals surface area contributed by atoms with Gasteiger partial charge in [0.25, 0.3) is 0 Å². The predicted octanol–water partition coefficient (Wildman–Crippen LogP) is 1.57. The summed E-state index contributed by atoms with van der Waals surface area (Å²) in [6.07, 6.45) is 6.16. The number of aromatic nitrogens is 1. The molecule has 2 N–H and O–H groups in total. The van der Waals surface area contributed by atoms with Crippen molar-refractivity contribution in [1.82, 2.24) is 9.88 Å². The minimum absolute atomic E-state index is 0.0473. The number of hydrogen-bond donors (Lipinski definition) is 2. The number of urea groups is 1. The van der Waals surface area contributed by atoms with E-state index >= 15 is 0 Å². The summed E-state index contributed by atoms with van der Waals surface area (Å²) < 4.78 is 0. The minimum Gasteiger partial charge on any atom is -0.477 e. The van der Waals surface area contributed by atoms with Gasteiger partial charge in [-0.15, -0.1) is 0 Å². The second kappa shape index (κ2) is 5.31. The maximum Gasteiger partial charge on any atom is 0.354 e. The summed E-state index contributed by atoms with van der Waals surface area (Å²) in [6, 6.07) is 2.67. The highest BCUT2D eigenvalue weighted by atomic mass is 16.4. The van der Waals surface area contributed by atoms with Gasteiger partial charge < -0.3 is 15.3 Å². The van der Waals surface area contributed by atoms with Crippen molar-refractivity contribution in [2.75, 3.05) is 18.4 Å². The zero-order valence-electron chi connectivity index (χ0n) is 9.67. The van der Waals surface area contributed by atoms with E-state index in [1.54, 1.807) is 4.90 Å². The molecule has 0 saturated carbocycles. The lowest BCUT2D eigenvalue weighted by Crippen LogP contribution is -2.37. The molecule has 1 aromatic heterocycles. The number of aromatic carboxylic acids is 1. The highest BCUT2D eigenvalue weighted by Gasteiger charge is 2.14. The largest absolute Gasteiger partial charge is 0.477 e. The molecule has 0 aliphatic carbocycles. The summed E-state index contributed by atoms with van der Waals surface area (Å²) in [5, 5.41) is 11.4. The molecule has 2 heterocycles. The molecule has 6 heteroatoms. The van der Waals surface area contributed by atoms with Gasteiger partial charge in [-0.3, -0.25) is 0 Å². The van der Waals surface area contributed by atoms with E-state index in [2.05, 4.69) is 10.3 Å². The number of nitrogens with one attached hydrogen (secondary N) is 1. The first kappa shape index (κ1) is 12.1. The average Bonchev–Trinajstić information content (AvgIpc) is 2.40. The quantitative estimate of drug-likeness (QED) is 0.777. The van der Waals surface area contributed by atoms with Gasteiger partial charge in [-0.25, -0.2) is 14.6 Å². The number of nitrogens with zero attached hydrogens (tertiary/aromatic N) is 2. The molecule has 0 unspecified atom stereocenters. The van der Waals surface area contributed by atoms with Gasteiger partial charge >= 0.3 is 12.0 Å². The van der Waals surface area contributed by atoms with Crippen molar-refractivity contribution in [3.63, 3.8) is 0 Å². The summed E-state index contributed by atoms with van der Waals surface area (Å²) in [5.74, 6) is -1.09. The second-order valence-electron chi connectivity index (χ2n) is 3.87. The summed E-state index contributed by atoms with van der Waals surface area (Å²) in [4.78, 5) is 27.8. The van der Waals surface area contributed by atoms with Crippen LogP contribution >= 0.6 is 0 Å². The Morgan fingerprint density at radius 1 is 1.33 bits per heavy atom. The van der Waals surface area contributed by atoms with Crippen LogP contribution in [0.15, 0.2) is 30.5 Å². The first-order valence-electron chi connectivity index (χ1n) is 5.57. The molecular weight excluding hydrogens is 234 g/mol. The van der Waals surface area contributed by atoms with Gasteiger partial charge in [0.15, 0.2) is 0 Å². The number of carboxylic acid groups (broad SMARTS) is 1. The Morgan fingerprint density at radius 2 is 2.17 bits per heavy atom. The Hall–Kier alpha value is -2.37. The van der Waals surface area contributed by atoms with Crippen LogP contribution in [-0.4, -0.2) is 40.1 Å². The fraction of sp³-hybridized carbons (Fsp3) is 0.250. The number of amides is 2. The van der Waals surface area contributed by atoms with E-state index in [4.69, 9.17) is 5.11 Å². The van der Waals surface area contributed by atoms with Crippen LogP contribution in [0.1, 0.15) is 16.9 Å². The molecule has 18 heavy (non-hydrogen) atoms. The number of carbonyl (C=O) groups excluding carboxylic acids is 1. The Labute approximate surface area is 104 Å². The zero-order valence-corrected chi connectivity index (χ0v) is 9.67. The van der Waals surface area contributed by atoms with Gasteiger partial charge in [-0.2, -0.15) is 0 Å². The normalized spacial score (nSPS) is 14.3. The number of carboxylic acids is 1. The lowest BCUT2D eigenvalue weighted by atomic mass is 10.2. The Kier molecular flexibility index (Phi) is 3.57. The summed E-state index contributed by atoms with van der Waals surface area (Å²) in [6.45, 7) is 1.27. The molecule has 2 rings (SSSR count). The smallest absolute Gasteiger partial charge is 0.354 e. The fourth-order valence-electron chi connectivity index (χ4n) is 1.62. The Morgan fingerprint density at radius 3 is 2.72 bits per heavy atom. The Bertz CT molecular complexity index is 482. The molecule has 0 spiro atoms. The molecule has 0 bridgehead atoms. The van der Waals surface area contributed by atoms with E-state index in [0.717, 1.165) is 6.42 Å². The van der Waals surface area contributed by atoms with Crippen molar-refractivity contribution < 1.29 is 14.7 Å². The lowest BCUT2D eigenvalue weighted by molar-refractivity contribution is 0.0690. The molecule has 1 aliphatic heterocycles. The molecule has 1 aliphatic rings. The van der Waals surface area contributed by atoms with E-state index < -0.39 is 5.97 Å². The van der Waals surface area contributed by atoms with E-state index in [9.17, 15) is 9.59 Å². The molecule has 0 radical (unpaired) electrons. The predicted molar refractivity (Wildman–Crippen MR) is 65.5 cm³/mol. The number of anilines is 1. The average molecular weight is 247 g/mol. The van der Waals surface area contributed by atoms with Crippen LogP contribution in [0.4, 0.5) is 10.5 Å². The molecule has 1 aromatic rings. The van der Waals surface area contributed by atoms with Crippen molar-refractivity contribution in [3.05, 3.63) is 36.2 Å². The fourth-order valence-corrected chi connectivity index (χ4v) is 1.62. The van der Waals surface area contributed by atoms with Crippen molar-refractivity contribution in [2.45, 2.75) is 6.42 Å². The summed E-state index contributed by atoms with van der Waals surface area (Å²) in [7, 11) is 0. The number of hydrogen-bond acceptors (Lipinski definition) is 3. The van der Waals surface area contributed by atoms with E-state index in [0.29, 0.717) is 18.8 Å². The maximum absolute atomic E-state index is 11.8. The monoisotopic (exact) mass is 247 g/mol. The van der Waals surface area contributed by atoms with Gasteiger partial charge in [0.2, 0.25) is 0 Å². The molecular formula is C12H13N3O3. The SMILES string of the molecule is O=C(O)c1ccc(NC(=O)N2CC=CCC2)cn1. The third-order valence-electron chi connectivity index (χ3n) is 2.58. The summed E-state index contributed by atoms with van der Waals surface area (Å²) >= 11 is 0. The van der Waals surface area contributed by atoms with Crippen LogP contribution in [0.25, 0.3) is 0 Å². The van der Waals surface area contributed by atoms with E-state index in [-0.39, 0.29) is 11.7 Å². The maximum atomic E-state index is 11.8. The van der Waals surface area contributed by atoms with Crippen molar-refractivity contribution in [2.24, 2.45) is 0 Å². The first-order valence-corrected chi connectivity index (χ1v) is 5.57. The molecule has 0 fully saturated rings. The first-order chi connectivity index (χ1) is 8.66. The number of carbonyl (C=O) groups is 2. The standard InChI is InChI=1S/C12H13N3O3/c16-11(17)10-5-4-9(8-13-10)14-12(18)15-6-2-1-3-7-15/h1-2,4-5,8H,3,6-7H2,(H,14,18)(H,16,17). The number of rotatable bonds is 2. The van der Waals surface area contributed by atoms with Gasteiger partial charge in [-0.1, -0.05) is 12.2 Å². The Balaban J connectivity index is 1.98. The highest BCUT2D eigenvalue weighted by Crippen LogP contribution is 2.09. The molecule has 2 amide bonds. The molecule has 0 atom stereocenters. The third kappa shape index (κ3) is 2.85. The van der Waals surface area contributed by atoms with Gasteiger partial charge in [0.1, 0.15) is 5.69 Å². The van der Waals surface area contributed by atoms with Gasteiger partial charge in [-0.05, 0) is 18.6 Å². The summed E-state index contributed by atoms with van der Waals surface area (Å²) in [5.41, 5.74) is 0.438. The third-order valence-corrected chi connectivity index (χ3v) is 2.58. The van der Waals surface area contributed by atoms with Crippen molar-refractivity contribution in [3.8, 4) is 0 Å². The van der Waals surface area contributed by atoms with Gasteiger partial charge in [0.05, 0.1) is 11.9 Å². The van der Waals surface area contributed by atoms with Crippen LogP contribution in [-0.2, 0) is 0 Å².